The summed E-state index contributed by atoms with van der Waals surface area (Å²) >= 11 is 0. The molecule has 2 rings (SSSR count). The summed E-state index contributed by atoms with van der Waals surface area (Å²) < 4.78 is 0. The van der Waals surface area contributed by atoms with Crippen molar-refractivity contribution in [1.29, 1.82) is 0 Å². The Hall–Kier alpha value is -1.10. The highest BCUT2D eigenvalue weighted by molar-refractivity contribution is 5.95. The van der Waals surface area contributed by atoms with Crippen LogP contribution in [0.4, 0.5) is 4.79 Å². The van der Waals surface area contributed by atoms with Crippen LogP contribution in [0.15, 0.2) is 0 Å². The van der Waals surface area contributed by atoms with Gasteiger partial charge in [0, 0.05) is 13.1 Å². The minimum atomic E-state index is -0.389. The molecule has 2 fully saturated rings. The van der Waals surface area contributed by atoms with Crippen molar-refractivity contribution in [2.75, 3.05) is 26.2 Å². The first-order valence-corrected chi connectivity index (χ1v) is 7.49. The van der Waals surface area contributed by atoms with Gasteiger partial charge in [-0.1, -0.05) is 19.3 Å². The van der Waals surface area contributed by atoms with Gasteiger partial charge in [0.25, 0.3) is 0 Å². The highest BCUT2D eigenvalue weighted by Gasteiger charge is 2.31. The molecule has 1 heterocycles. The van der Waals surface area contributed by atoms with Gasteiger partial charge in [0.05, 0.1) is 6.54 Å². The Balaban J connectivity index is 1.74. The molecule has 1 aliphatic heterocycles. The predicted octanol–water partition coefficient (Wildman–Crippen LogP) is 1.34. The third kappa shape index (κ3) is 4.20. The predicted molar refractivity (Wildman–Crippen MR) is 73.7 cm³/mol. The Bertz CT molecular complexity index is 333. The molecule has 5 nitrogen and oxygen atoms in total. The smallest absolute Gasteiger partial charge is 0.321 e. The summed E-state index contributed by atoms with van der Waals surface area (Å²) in [6.45, 7) is 4.72. The maximum absolute atomic E-state index is 11.7. The number of urea groups is 1. The molecule has 19 heavy (non-hydrogen) atoms. The number of carbonyl (C=O) groups excluding carboxylic acids is 2. The summed E-state index contributed by atoms with van der Waals surface area (Å²) in [4.78, 5) is 25.2. The van der Waals surface area contributed by atoms with E-state index in [1.165, 1.54) is 32.1 Å². The zero-order chi connectivity index (χ0) is 13.7. The average molecular weight is 267 g/mol. The highest BCUT2D eigenvalue weighted by atomic mass is 16.2. The van der Waals surface area contributed by atoms with Gasteiger partial charge in [-0.05, 0) is 38.1 Å². The van der Waals surface area contributed by atoms with Gasteiger partial charge in [-0.2, -0.15) is 0 Å². The zero-order valence-corrected chi connectivity index (χ0v) is 11.8. The van der Waals surface area contributed by atoms with Gasteiger partial charge in [0.15, 0.2) is 0 Å². The lowest BCUT2D eigenvalue weighted by Crippen LogP contribution is -2.48. The van der Waals surface area contributed by atoms with Gasteiger partial charge in [-0.15, -0.1) is 0 Å². The second kappa shape index (κ2) is 6.89. The molecule has 1 saturated heterocycles. The van der Waals surface area contributed by atoms with E-state index in [1.807, 2.05) is 6.92 Å². The Morgan fingerprint density at radius 1 is 1.16 bits per heavy atom. The van der Waals surface area contributed by atoms with E-state index in [9.17, 15) is 9.59 Å². The number of carbonyl (C=O) groups is 2. The summed E-state index contributed by atoms with van der Waals surface area (Å²) in [5.74, 6) is 1.44. The number of amides is 3. The second-order valence-electron chi connectivity index (χ2n) is 5.74. The van der Waals surface area contributed by atoms with E-state index in [4.69, 9.17) is 0 Å². The van der Waals surface area contributed by atoms with Crippen molar-refractivity contribution >= 4 is 11.9 Å². The average Bonchev–Trinajstić information content (AvgIpc) is 2.38. The maximum Gasteiger partial charge on any atom is 0.321 e. The quantitative estimate of drug-likeness (QED) is 0.811. The van der Waals surface area contributed by atoms with Crippen LogP contribution in [-0.2, 0) is 4.79 Å². The molecular weight excluding hydrogens is 242 g/mol. The molecule has 2 aliphatic rings. The van der Waals surface area contributed by atoms with Crippen LogP contribution in [0.3, 0.4) is 0 Å². The van der Waals surface area contributed by atoms with Crippen molar-refractivity contribution in [3.05, 3.63) is 0 Å². The van der Waals surface area contributed by atoms with Crippen LogP contribution in [0.1, 0.15) is 39.0 Å². The molecular formula is C14H25N3O2. The molecule has 108 valence electrons. The van der Waals surface area contributed by atoms with Crippen molar-refractivity contribution in [1.82, 2.24) is 15.5 Å². The van der Waals surface area contributed by atoms with Gasteiger partial charge < -0.3 is 5.32 Å². The third-order valence-corrected chi connectivity index (χ3v) is 4.33. The van der Waals surface area contributed by atoms with Crippen molar-refractivity contribution in [3.8, 4) is 0 Å². The van der Waals surface area contributed by atoms with Crippen LogP contribution in [-0.4, -0.2) is 43.0 Å². The van der Waals surface area contributed by atoms with Crippen LogP contribution in [0.2, 0.25) is 0 Å². The number of hydrogen-bond acceptors (Lipinski definition) is 3. The van der Waals surface area contributed by atoms with Crippen LogP contribution in [0.5, 0.6) is 0 Å². The summed E-state index contributed by atoms with van der Waals surface area (Å²) in [6, 6.07) is -0.389. The second-order valence-corrected chi connectivity index (χ2v) is 5.74. The number of likely N-dealkylation sites (tertiary alicyclic amines) is 1. The minimum Gasteiger partial charge on any atom is -0.338 e. The number of imide groups is 1. The Labute approximate surface area is 115 Å². The lowest BCUT2D eigenvalue weighted by Gasteiger charge is -2.40. The molecule has 2 atom stereocenters. The third-order valence-electron chi connectivity index (χ3n) is 4.33. The van der Waals surface area contributed by atoms with Crippen molar-refractivity contribution < 1.29 is 9.59 Å². The first kappa shape index (κ1) is 14.3. The molecule has 3 amide bonds. The fourth-order valence-electron chi connectivity index (χ4n) is 3.39. The van der Waals surface area contributed by atoms with E-state index in [1.54, 1.807) is 0 Å². The summed E-state index contributed by atoms with van der Waals surface area (Å²) in [5.41, 5.74) is 0. The number of nitrogens with zero attached hydrogens (tertiary/aromatic N) is 1. The number of fused-ring (bicyclic) bond motifs is 1. The fraction of sp³-hybridized carbons (Fsp3) is 0.857. The van der Waals surface area contributed by atoms with E-state index >= 15 is 0 Å². The van der Waals surface area contributed by atoms with Gasteiger partial charge >= 0.3 is 6.03 Å². The van der Waals surface area contributed by atoms with Crippen LogP contribution < -0.4 is 10.6 Å². The molecule has 0 unspecified atom stereocenters. The molecule has 0 radical (unpaired) electrons. The van der Waals surface area contributed by atoms with Crippen molar-refractivity contribution in [3.63, 3.8) is 0 Å². The normalized spacial score (nSPS) is 27.4. The van der Waals surface area contributed by atoms with E-state index in [-0.39, 0.29) is 11.9 Å². The molecule has 0 bridgehead atoms. The van der Waals surface area contributed by atoms with Gasteiger partial charge in [-0.25, -0.2) is 4.79 Å². The molecule has 0 aromatic carbocycles. The molecule has 2 N–H and O–H groups in total. The summed E-state index contributed by atoms with van der Waals surface area (Å²) in [5, 5.41) is 4.94. The van der Waals surface area contributed by atoms with Gasteiger partial charge in [0.1, 0.15) is 0 Å². The van der Waals surface area contributed by atoms with Gasteiger partial charge in [0.2, 0.25) is 5.91 Å². The maximum atomic E-state index is 11.7. The largest absolute Gasteiger partial charge is 0.338 e. The molecule has 0 aromatic heterocycles. The Morgan fingerprint density at radius 2 is 1.89 bits per heavy atom. The number of rotatable bonds is 3. The minimum absolute atomic E-state index is 0.194. The van der Waals surface area contributed by atoms with E-state index in [0.29, 0.717) is 13.1 Å². The monoisotopic (exact) mass is 267 g/mol. The molecule has 1 saturated carbocycles. The van der Waals surface area contributed by atoms with Crippen LogP contribution in [0, 0.1) is 11.8 Å². The van der Waals surface area contributed by atoms with Gasteiger partial charge in [-0.3, -0.25) is 15.0 Å². The number of hydrogen-bond donors (Lipinski definition) is 2. The Kier molecular flexibility index (Phi) is 5.19. The summed E-state index contributed by atoms with van der Waals surface area (Å²) in [7, 11) is 0. The molecule has 1 aliphatic carbocycles. The molecule has 0 spiro atoms. The first-order valence-electron chi connectivity index (χ1n) is 7.49. The first-order chi connectivity index (χ1) is 9.19. The SMILES string of the molecule is CCNC(=O)NC(=O)CN1CC[C@H]2CCCC[C@@H]2C1. The Morgan fingerprint density at radius 3 is 2.63 bits per heavy atom. The van der Waals surface area contributed by atoms with Crippen molar-refractivity contribution in [2.24, 2.45) is 11.8 Å². The van der Waals surface area contributed by atoms with Crippen molar-refractivity contribution in [2.45, 2.75) is 39.0 Å². The number of piperidine rings is 1. The van der Waals surface area contributed by atoms with Crippen LogP contribution in [0.25, 0.3) is 0 Å². The van der Waals surface area contributed by atoms with E-state index in [2.05, 4.69) is 15.5 Å². The summed E-state index contributed by atoms with van der Waals surface area (Å²) in [6.07, 6.45) is 6.58. The topological polar surface area (TPSA) is 61.4 Å². The zero-order valence-electron chi connectivity index (χ0n) is 11.8. The van der Waals surface area contributed by atoms with Crippen LogP contribution >= 0.6 is 0 Å². The van der Waals surface area contributed by atoms with E-state index in [0.717, 1.165) is 24.9 Å². The lowest BCUT2D eigenvalue weighted by molar-refractivity contribution is -0.121. The number of nitrogens with one attached hydrogen (secondary N) is 2. The highest BCUT2D eigenvalue weighted by Crippen LogP contribution is 2.35. The van der Waals surface area contributed by atoms with E-state index < -0.39 is 0 Å². The molecule has 5 heteroatoms. The standard InChI is InChI=1S/C14H25N3O2/c1-2-15-14(19)16-13(18)10-17-8-7-11-5-3-4-6-12(11)9-17/h11-12H,2-10H2,1H3,(H2,15,16,18,19)/t11-,12-/m1/s1. The molecule has 0 aromatic rings. The lowest BCUT2D eigenvalue weighted by atomic mass is 9.75. The fourth-order valence-corrected chi connectivity index (χ4v) is 3.39.